The molecule has 2 nitrogen and oxygen atoms in total. The fourth-order valence-corrected chi connectivity index (χ4v) is 5.82. The number of hydrogen-bond acceptors (Lipinski definition) is 3. The van der Waals surface area contributed by atoms with Crippen LogP contribution in [0.15, 0.2) is 0 Å². The molecule has 3 aliphatic rings. The summed E-state index contributed by atoms with van der Waals surface area (Å²) in [7, 11) is 0. The summed E-state index contributed by atoms with van der Waals surface area (Å²) >= 11 is 2.09. The van der Waals surface area contributed by atoms with Gasteiger partial charge in [-0.3, -0.25) is 0 Å². The molecule has 2 heterocycles. The van der Waals surface area contributed by atoms with Crippen molar-refractivity contribution in [1.82, 2.24) is 0 Å². The monoisotopic (exact) mass is 283 g/mol. The largest absolute Gasteiger partial charge is 0.375 e. The van der Waals surface area contributed by atoms with E-state index in [0.717, 1.165) is 6.61 Å². The van der Waals surface area contributed by atoms with Crippen molar-refractivity contribution in [2.24, 2.45) is 17.6 Å². The van der Waals surface area contributed by atoms with Crippen LogP contribution >= 0.6 is 11.8 Å². The SMILES string of the molecule is CC1CCCCC1(N)C1CCOC2(CCSCC2)C1. The highest BCUT2D eigenvalue weighted by atomic mass is 32.2. The van der Waals surface area contributed by atoms with E-state index in [4.69, 9.17) is 10.5 Å². The van der Waals surface area contributed by atoms with Gasteiger partial charge >= 0.3 is 0 Å². The first-order valence-corrected chi connectivity index (χ1v) is 9.31. The van der Waals surface area contributed by atoms with Gasteiger partial charge in [0.1, 0.15) is 0 Å². The third-order valence-electron chi connectivity index (χ3n) is 6.07. The van der Waals surface area contributed by atoms with Crippen LogP contribution < -0.4 is 5.73 Å². The minimum absolute atomic E-state index is 0.0968. The molecule has 1 spiro atoms. The van der Waals surface area contributed by atoms with Gasteiger partial charge in [-0.05, 0) is 61.9 Å². The molecule has 0 aromatic carbocycles. The molecule has 0 radical (unpaired) electrons. The molecule has 2 N–H and O–H groups in total. The second-order valence-electron chi connectivity index (χ2n) is 7.09. The Kier molecular flexibility index (Phi) is 4.17. The molecular weight excluding hydrogens is 254 g/mol. The van der Waals surface area contributed by atoms with E-state index in [9.17, 15) is 0 Å². The van der Waals surface area contributed by atoms with E-state index >= 15 is 0 Å². The lowest BCUT2D eigenvalue weighted by molar-refractivity contribution is -0.120. The summed E-state index contributed by atoms with van der Waals surface area (Å²) in [6.07, 6.45) is 10.2. The van der Waals surface area contributed by atoms with Crippen LogP contribution in [0.4, 0.5) is 0 Å². The molecule has 19 heavy (non-hydrogen) atoms. The van der Waals surface area contributed by atoms with Crippen molar-refractivity contribution in [2.45, 2.75) is 69.4 Å². The van der Waals surface area contributed by atoms with Crippen LogP contribution in [0.1, 0.15) is 58.3 Å². The zero-order chi connectivity index (χ0) is 13.3. The quantitative estimate of drug-likeness (QED) is 0.799. The van der Waals surface area contributed by atoms with Crippen LogP contribution in [0.25, 0.3) is 0 Å². The van der Waals surface area contributed by atoms with Gasteiger partial charge in [-0.25, -0.2) is 0 Å². The van der Waals surface area contributed by atoms with E-state index < -0.39 is 0 Å². The summed E-state index contributed by atoms with van der Waals surface area (Å²) in [5.41, 5.74) is 7.20. The Bertz CT molecular complexity index is 310. The minimum atomic E-state index is 0.0968. The Balaban J connectivity index is 1.73. The van der Waals surface area contributed by atoms with Gasteiger partial charge in [-0.1, -0.05) is 19.8 Å². The highest BCUT2D eigenvalue weighted by Gasteiger charge is 2.48. The number of ether oxygens (including phenoxy) is 1. The summed E-state index contributed by atoms with van der Waals surface area (Å²) < 4.78 is 6.24. The smallest absolute Gasteiger partial charge is 0.0701 e. The normalized spacial score (nSPS) is 43.3. The second kappa shape index (κ2) is 5.57. The predicted octanol–water partition coefficient (Wildman–Crippen LogP) is 3.59. The van der Waals surface area contributed by atoms with Gasteiger partial charge in [-0.2, -0.15) is 11.8 Å². The molecule has 0 aromatic rings. The topological polar surface area (TPSA) is 35.2 Å². The fourth-order valence-electron chi connectivity index (χ4n) is 4.58. The Morgan fingerprint density at radius 2 is 1.89 bits per heavy atom. The lowest BCUT2D eigenvalue weighted by Gasteiger charge is -2.52. The minimum Gasteiger partial charge on any atom is -0.375 e. The molecule has 2 aliphatic heterocycles. The van der Waals surface area contributed by atoms with E-state index in [0.29, 0.717) is 11.8 Å². The lowest BCUT2D eigenvalue weighted by Crippen LogP contribution is -2.58. The molecule has 110 valence electrons. The highest BCUT2D eigenvalue weighted by Crippen LogP contribution is 2.47. The maximum atomic E-state index is 6.91. The molecule has 3 fully saturated rings. The van der Waals surface area contributed by atoms with E-state index in [1.54, 1.807) is 0 Å². The number of nitrogens with two attached hydrogens (primary N) is 1. The van der Waals surface area contributed by atoms with Gasteiger partial charge in [0.2, 0.25) is 0 Å². The maximum Gasteiger partial charge on any atom is 0.0701 e. The molecule has 0 aromatic heterocycles. The van der Waals surface area contributed by atoms with E-state index in [-0.39, 0.29) is 11.1 Å². The zero-order valence-corrected chi connectivity index (χ0v) is 13.1. The molecule has 3 heteroatoms. The lowest BCUT2D eigenvalue weighted by atomic mass is 9.62. The summed E-state index contributed by atoms with van der Waals surface area (Å²) in [5.74, 6) is 3.94. The molecule has 3 unspecified atom stereocenters. The van der Waals surface area contributed by atoms with Gasteiger partial charge in [0, 0.05) is 12.1 Å². The average Bonchev–Trinajstić information content (AvgIpc) is 2.43. The third kappa shape index (κ3) is 2.71. The van der Waals surface area contributed by atoms with Crippen LogP contribution in [-0.4, -0.2) is 29.3 Å². The third-order valence-corrected chi connectivity index (χ3v) is 7.06. The van der Waals surface area contributed by atoms with Crippen molar-refractivity contribution in [1.29, 1.82) is 0 Å². The molecule has 0 amide bonds. The zero-order valence-electron chi connectivity index (χ0n) is 12.3. The molecule has 3 atom stereocenters. The Hall–Kier alpha value is 0.270. The van der Waals surface area contributed by atoms with Crippen LogP contribution in [0.3, 0.4) is 0 Å². The molecule has 1 saturated carbocycles. The summed E-state index contributed by atoms with van der Waals surface area (Å²) in [6.45, 7) is 3.33. The Morgan fingerprint density at radius 1 is 1.11 bits per heavy atom. The van der Waals surface area contributed by atoms with E-state index in [1.165, 1.54) is 62.9 Å². The maximum absolute atomic E-state index is 6.91. The first-order chi connectivity index (χ1) is 9.15. The number of rotatable bonds is 1. The molecule has 2 saturated heterocycles. The average molecular weight is 283 g/mol. The fraction of sp³-hybridized carbons (Fsp3) is 1.00. The van der Waals surface area contributed by atoms with Crippen molar-refractivity contribution in [3.8, 4) is 0 Å². The first-order valence-electron chi connectivity index (χ1n) is 8.15. The van der Waals surface area contributed by atoms with Gasteiger partial charge in [0.25, 0.3) is 0 Å². The predicted molar refractivity (Wildman–Crippen MR) is 82.5 cm³/mol. The van der Waals surface area contributed by atoms with Gasteiger partial charge in [0.05, 0.1) is 5.60 Å². The molecule has 0 bridgehead atoms. The molecular formula is C16H29NOS. The summed E-state index contributed by atoms with van der Waals surface area (Å²) in [4.78, 5) is 0. The summed E-state index contributed by atoms with van der Waals surface area (Å²) in [5, 5.41) is 0. The van der Waals surface area contributed by atoms with Crippen molar-refractivity contribution in [3.05, 3.63) is 0 Å². The van der Waals surface area contributed by atoms with Crippen LogP contribution in [0, 0.1) is 11.8 Å². The second-order valence-corrected chi connectivity index (χ2v) is 8.32. The van der Waals surface area contributed by atoms with Crippen LogP contribution in [-0.2, 0) is 4.74 Å². The molecule has 3 rings (SSSR count). The van der Waals surface area contributed by atoms with Crippen molar-refractivity contribution in [3.63, 3.8) is 0 Å². The van der Waals surface area contributed by atoms with Gasteiger partial charge in [0.15, 0.2) is 0 Å². The number of thioether (sulfide) groups is 1. The Labute approximate surface area is 122 Å². The summed E-state index contributed by atoms with van der Waals surface area (Å²) in [6, 6.07) is 0. The van der Waals surface area contributed by atoms with Crippen molar-refractivity contribution >= 4 is 11.8 Å². The highest BCUT2D eigenvalue weighted by molar-refractivity contribution is 7.99. The van der Waals surface area contributed by atoms with Crippen LogP contribution in [0.2, 0.25) is 0 Å². The standard InChI is InChI=1S/C16H29NOS/c1-13-4-2-3-6-16(13,17)14-5-9-18-15(12-14)7-10-19-11-8-15/h13-14H,2-12,17H2,1H3. The molecule has 1 aliphatic carbocycles. The van der Waals surface area contributed by atoms with Gasteiger partial charge < -0.3 is 10.5 Å². The number of hydrogen-bond donors (Lipinski definition) is 1. The first kappa shape index (κ1) is 14.2. The van der Waals surface area contributed by atoms with Crippen LogP contribution in [0.5, 0.6) is 0 Å². The Morgan fingerprint density at radius 3 is 2.63 bits per heavy atom. The van der Waals surface area contributed by atoms with E-state index in [1.807, 2.05) is 0 Å². The van der Waals surface area contributed by atoms with Crippen molar-refractivity contribution in [2.75, 3.05) is 18.1 Å². The van der Waals surface area contributed by atoms with Crippen molar-refractivity contribution < 1.29 is 4.74 Å². The van der Waals surface area contributed by atoms with Gasteiger partial charge in [-0.15, -0.1) is 0 Å². The van der Waals surface area contributed by atoms with E-state index in [2.05, 4.69) is 18.7 Å².